The number of nitrogens with zero attached hydrogens (tertiary/aromatic N) is 1. The van der Waals surface area contributed by atoms with Crippen LogP contribution in [0.15, 0.2) is 53.4 Å². The van der Waals surface area contributed by atoms with Crippen molar-refractivity contribution >= 4 is 22.0 Å². The Hall–Kier alpha value is -3.79. The summed E-state index contributed by atoms with van der Waals surface area (Å²) in [6, 6.07) is 10.2. The molecule has 12 heteroatoms. The number of carbonyl (C=O) groups is 2. The summed E-state index contributed by atoms with van der Waals surface area (Å²) in [7, 11) is -2.93. The van der Waals surface area contributed by atoms with E-state index in [-0.39, 0.29) is 17.1 Å². The number of alkyl carbamates (subject to hydrolysis) is 1. The van der Waals surface area contributed by atoms with Gasteiger partial charge in [-0.2, -0.15) is 4.31 Å². The second kappa shape index (κ2) is 13.1. The summed E-state index contributed by atoms with van der Waals surface area (Å²) >= 11 is 0. The number of likely N-dealkylation sites (N-methyl/N-ethyl adjacent to an activating group) is 1. The maximum Gasteiger partial charge on any atom is 0.410 e. The van der Waals surface area contributed by atoms with Crippen LogP contribution < -0.4 is 20.3 Å². The number of carbonyl (C=O) groups excluding carboxylic acids is 2. The van der Waals surface area contributed by atoms with E-state index in [0.29, 0.717) is 11.5 Å². The lowest BCUT2D eigenvalue weighted by Crippen LogP contribution is -2.41. The number of amides is 2. The molecule has 38 heavy (non-hydrogen) atoms. The van der Waals surface area contributed by atoms with Crippen molar-refractivity contribution in [1.82, 2.24) is 15.1 Å². The van der Waals surface area contributed by atoms with E-state index in [1.54, 1.807) is 34.6 Å². The molecule has 2 unspecified atom stereocenters. The standard InChI is InChI=1S/C26H33N3O8S/c1-7-8-17-35-20-13-15-22(16-14-20)38(33,34)29(6)23(24(30)28-32)19-9-11-21(12-10-19)36-18(2)27-25(31)37-26(3,4)5/h9-16,18,23,32H,17H2,1-6H3,(H,27,31)(H,28,30). The molecule has 0 saturated heterocycles. The van der Waals surface area contributed by atoms with Crippen LogP contribution >= 0.6 is 0 Å². The number of benzene rings is 2. The van der Waals surface area contributed by atoms with E-state index in [0.717, 1.165) is 4.31 Å². The zero-order chi connectivity index (χ0) is 28.5. The molecule has 3 N–H and O–H groups in total. The van der Waals surface area contributed by atoms with Gasteiger partial charge in [-0.25, -0.2) is 18.7 Å². The van der Waals surface area contributed by atoms with Crippen molar-refractivity contribution in [3.8, 4) is 23.3 Å². The molecule has 2 aromatic carbocycles. The summed E-state index contributed by atoms with van der Waals surface area (Å²) in [6.45, 7) is 8.66. The Kier molecular flexibility index (Phi) is 10.5. The van der Waals surface area contributed by atoms with Gasteiger partial charge in [-0.3, -0.25) is 15.3 Å². The summed E-state index contributed by atoms with van der Waals surface area (Å²) < 4.78 is 43.6. The fourth-order valence-electron chi connectivity index (χ4n) is 3.23. The van der Waals surface area contributed by atoms with E-state index in [2.05, 4.69) is 17.2 Å². The lowest BCUT2D eigenvalue weighted by molar-refractivity contribution is -0.133. The highest BCUT2D eigenvalue weighted by molar-refractivity contribution is 7.89. The molecular weight excluding hydrogens is 514 g/mol. The second-order valence-corrected chi connectivity index (χ2v) is 11.1. The number of nitrogens with one attached hydrogen (secondary N) is 2. The quantitative estimate of drug-likeness (QED) is 0.178. The van der Waals surface area contributed by atoms with Crippen molar-refractivity contribution < 1.29 is 37.4 Å². The Morgan fingerprint density at radius 3 is 2.16 bits per heavy atom. The molecule has 0 aromatic heterocycles. The van der Waals surface area contributed by atoms with Gasteiger partial charge in [-0.05, 0) is 76.6 Å². The number of hydrogen-bond donors (Lipinski definition) is 3. The number of hydroxylamine groups is 1. The molecule has 11 nitrogen and oxygen atoms in total. The Morgan fingerprint density at radius 1 is 1.05 bits per heavy atom. The highest BCUT2D eigenvalue weighted by Crippen LogP contribution is 2.29. The normalized spacial score (nSPS) is 12.9. The molecule has 0 aliphatic heterocycles. The SMILES string of the molecule is CC#CCOc1ccc(S(=O)(=O)N(C)C(C(=O)NO)c2ccc(OC(C)NC(=O)OC(C)(C)C)cc2)cc1. The molecule has 0 aliphatic rings. The Balaban J connectivity index is 2.20. The van der Waals surface area contributed by atoms with Crippen LogP contribution in [0.25, 0.3) is 0 Å². The van der Waals surface area contributed by atoms with Crippen LogP contribution in [0.3, 0.4) is 0 Å². The van der Waals surface area contributed by atoms with Gasteiger partial charge in [0.05, 0.1) is 4.90 Å². The number of hydrogen-bond acceptors (Lipinski definition) is 8. The summed E-state index contributed by atoms with van der Waals surface area (Å²) in [5, 5.41) is 11.8. The molecule has 0 fully saturated rings. The molecule has 0 bridgehead atoms. The van der Waals surface area contributed by atoms with Crippen molar-refractivity contribution in [1.29, 1.82) is 0 Å². The molecule has 0 radical (unpaired) electrons. The van der Waals surface area contributed by atoms with Gasteiger partial charge < -0.3 is 14.2 Å². The van der Waals surface area contributed by atoms with Gasteiger partial charge in [-0.15, -0.1) is 5.92 Å². The van der Waals surface area contributed by atoms with Gasteiger partial charge in [-0.1, -0.05) is 18.1 Å². The average molecular weight is 548 g/mol. The van der Waals surface area contributed by atoms with E-state index in [1.165, 1.54) is 61.1 Å². The summed E-state index contributed by atoms with van der Waals surface area (Å²) in [5.41, 5.74) is 1.12. The van der Waals surface area contributed by atoms with Crippen LogP contribution in [0.5, 0.6) is 11.5 Å². The van der Waals surface area contributed by atoms with Gasteiger partial charge in [0.2, 0.25) is 10.0 Å². The van der Waals surface area contributed by atoms with Gasteiger partial charge in [0.1, 0.15) is 29.7 Å². The monoisotopic (exact) mass is 547 g/mol. The summed E-state index contributed by atoms with van der Waals surface area (Å²) in [5.74, 6) is 5.26. The van der Waals surface area contributed by atoms with Gasteiger partial charge in [0, 0.05) is 7.05 Å². The molecule has 0 aliphatic carbocycles. The summed E-state index contributed by atoms with van der Waals surface area (Å²) in [4.78, 5) is 24.4. The first kappa shape index (κ1) is 30.4. The third-order valence-corrected chi connectivity index (χ3v) is 6.78. The fraction of sp³-hybridized carbons (Fsp3) is 0.385. The van der Waals surface area contributed by atoms with E-state index in [9.17, 15) is 23.2 Å². The zero-order valence-corrected chi connectivity index (χ0v) is 23.0. The highest BCUT2D eigenvalue weighted by Gasteiger charge is 2.34. The van der Waals surface area contributed by atoms with Crippen molar-refractivity contribution in [2.24, 2.45) is 0 Å². The van der Waals surface area contributed by atoms with Crippen LogP contribution in [0.4, 0.5) is 4.79 Å². The first-order valence-corrected chi connectivity index (χ1v) is 13.0. The number of rotatable bonds is 10. The van der Waals surface area contributed by atoms with Gasteiger partial charge in [0.25, 0.3) is 5.91 Å². The molecule has 206 valence electrons. The molecule has 2 rings (SSSR count). The predicted molar refractivity (Wildman–Crippen MR) is 139 cm³/mol. The fourth-order valence-corrected chi connectivity index (χ4v) is 4.54. The van der Waals surface area contributed by atoms with Crippen LogP contribution in [0.2, 0.25) is 0 Å². The predicted octanol–water partition coefficient (Wildman–Crippen LogP) is 3.21. The Labute approximate surface area is 223 Å². The highest BCUT2D eigenvalue weighted by atomic mass is 32.2. The molecule has 0 spiro atoms. The van der Waals surface area contributed by atoms with E-state index in [1.807, 2.05) is 0 Å². The lowest BCUT2D eigenvalue weighted by Gasteiger charge is -2.26. The maximum atomic E-state index is 13.3. The molecule has 0 heterocycles. The van der Waals surface area contributed by atoms with Crippen molar-refractivity contribution in [2.45, 2.75) is 57.4 Å². The van der Waals surface area contributed by atoms with Crippen molar-refractivity contribution in [3.63, 3.8) is 0 Å². The van der Waals surface area contributed by atoms with E-state index in [4.69, 9.17) is 14.2 Å². The molecule has 0 saturated carbocycles. The average Bonchev–Trinajstić information content (AvgIpc) is 2.84. The van der Waals surface area contributed by atoms with E-state index >= 15 is 0 Å². The summed E-state index contributed by atoms with van der Waals surface area (Å²) in [6.07, 6.45) is -1.39. The van der Waals surface area contributed by atoms with Crippen molar-refractivity contribution in [3.05, 3.63) is 54.1 Å². The first-order valence-electron chi connectivity index (χ1n) is 11.6. The van der Waals surface area contributed by atoms with Crippen molar-refractivity contribution in [2.75, 3.05) is 13.7 Å². The minimum atomic E-state index is -4.16. The smallest absolute Gasteiger partial charge is 0.410 e. The largest absolute Gasteiger partial charge is 0.481 e. The van der Waals surface area contributed by atoms with Gasteiger partial charge in [0.15, 0.2) is 6.23 Å². The van der Waals surface area contributed by atoms with Gasteiger partial charge >= 0.3 is 6.09 Å². The number of ether oxygens (including phenoxy) is 3. The zero-order valence-electron chi connectivity index (χ0n) is 22.1. The van der Waals surface area contributed by atoms with Crippen LogP contribution in [0.1, 0.15) is 46.2 Å². The second-order valence-electron chi connectivity index (χ2n) is 9.06. The van der Waals surface area contributed by atoms with Crippen LogP contribution in [0, 0.1) is 11.8 Å². The maximum absolute atomic E-state index is 13.3. The third-order valence-electron chi connectivity index (χ3n) is 4.94. The lowest BCUT2D eigenvalue weighted by atomic mass is 10.1. The first-order chi connectivity index (χ1) is 17.8. The molecule has 2 atom stereocenters. The van der Waals surface area contributed by atoms with Crippen LogP contribution in [-0.4, -0.2) is 55.4 Å². The Morgan fingerprint density at radius 2 is 1.63 bits per heavy atom. The molecule has 2 aromatic rings. The topological polar surface area (TPSA) is 144 Å². The van der Waals surface area contributed by atoms with Crippen LogP contribution in [-0.2, 0) is 19.6 Å². The molecule has 2 amide bonds. The Bertz CT molecular complexity index is 1260. The molecular formula is C26H33N3O8S. The minimum absolute atomic E-state index is 0.0772. The third kappa shape index (κ3) is 8.65. The number of sulfonamides is 1. The minimum Gasteiger partial charge on any atom is -0.481 e. The van der Waals surface area contributed by atoms with E-state index < -0.39 is 39.9 Å².